The number of carboxylic acids is 1. The van der Waals surface area contributed by atoms with Crippen LogP contribution >= 0.6 is 0 Å². The average Bonchev–Trinajstić information content (AvgIpc) is 2.99. The molecule has 1 fully saturated rings. The van der Waals surface area contributed by atoms with E-state index in [1.54, 1.807) is 24.3 Å². The molecule has 0 saturated carbocycles. The summed E-state index contributed by atoms with van der Waals surface area (Å²) in [6.07, 6.45) is 1.11. The SMILES string of the molecule is Cn1c(-c2cc3n(c(=O)c2)C[C@@H]2CNC[C@H]3C2)nc2cc(C(=O)O)ccc21. The quantitative estimate of drug-likeness (QED) is 0.724. The normalized spacial score (nSPS) is 21.2. The Bertz CT molecular complexity index is 1140. The Morgan fingerprint density at radius 1 is 1.26 bits per heavy atom. The summed E-state index contributed by atoms with van der Waals surface area (Å²) in [6.45, 7) is 2.63. The van der Waals surface area contributed by atoms with E-state index in [0.29, 0.717) is 23.2 Å². The summed E-state index contributed by atoms with van der Waals surface area (Å²) in [5, 5.41) is 12.7. The van der Waals surface area contributed by atoms with Crippen molar-refractivity contribution in [3.8, 4) is 11.4 Å². The Morgan fingerprint density at radius 3 is 2.93 bits per heavy atom. The van der Waals surface area contributed by atoms with Gasteiger partial charge in [-0.1, -0.05) is 0 Å². The number of hydrogen-bond donors (Lipinski definition) is 2. The van der Waals surface area contributed by atoms with E-state index in [0.717, 1.165) is 42.8 Å². The molecule has 3 aromatic rings. The number of nitrogens with zero attached hydrogens (tertiary/aromatic N) is 3. The predicted octanol–water partition coefficient (Wildman–Crippen LogP) is 1.81. The molecule has 0 spiro atoms. The molecule has 1 aromatic carbocycles. The highest BCUT2D eigenvalue weighted by Gasteiger charge is 2.31. The Balaban J connectivity index is 1.67. The summed E-state index contributed by atoms with van der Waals surface area (Å²) in [5.41, 5.74) is 3.52. The van der Waals surface area contributed by atoms with Crippen molar-refractivity contribution < 1.29 is 9.90 Å². The molecule has 7 nitrogen and oxygen atoms in total. The largest absolute Gasteiger partial charge is 0.478 e. The minimum atomic E-state index is -0.976. The monoisotopic (exact) mass is 364 g/mol. The second-order valence-electron chi connectivity index (χ2n) is 7.58. The number of imidazole rings is 1. The zero-order chi connectivity index (χ0) is 18.7. The van der Waals surface area contributed by atoms with E-state index in [2.05, 4.69) is 16.4 Å². The van der Waals surface area contributed by atoms with Crippen LogP contribution in [0, 0.1) is 5.92 Å². The predicted molar refractivity (Wildman–Crippen MR) is 101 cm³/mol. The van der Waals surface area contributed by atoms with Gasteiger partial charge >= 0.3 is 5.97 Å². The Kier molecular flexibility index (Phi) is 3.48. The molecule has 2 aliphatic heterocycles. The highest BCUT2D eigenvalue weighted by atomic mass is 16.4. The van der Waals surface area contributed by atoms with Gasteiger partial charge in [-0.2, -0.15) is 0 Å². The number of aromatic carboxylic acids is 1. The average molecular weight is 364 g/mol. The van der Waals surface area contributed by atoms with E-state index in [1.807, 2.05) is 16.2 Å². The number of hydrogen-bond acceptors (Lipinski definition) is 4. The van der Waals surface area contributed by atoms with E-state index in [9.17, 15) is 14.7 Å². The molecule has 2 atom stereocenters. The first-order chi connectivity index (χ1) is 13.0. The van der Waals surface area contributed by atoms with Gasteiger partial charge in [0.25, 0.3) is 5.56 Å². The topological polar surface area (TPSA) is 89.2 Å². The van der Waals surface area contributed by atoms with Crippen molar-refractivity contribution in [2.75, 3.05) is 13.1 Å². The molecule has 1 saturated heterocycles. The Labute approximate surface area is 155 Å². The molecule has 0 radical (unpaired) electrons. The number of carboxylic acid groups (broad SMARTS) is 1. The van der Waals surface area contributed by atoms with E-state index in [-0.39, 0.29) is 11.1 Å². The van der Waals surface area contributed by atoms with Crippen molar-refractivity contribution in [2.45, 2.75) is 18.9 Å². The summed E-state index contributed by atoms with van der Waals surface area (Å²) in [7, 11) is 1.89. The highest BCUT2D eigenvalue weighted by Crippen LogP contribution is 2.34. The number of benzene rings is 1. The molecular formula is C20H20N4O3. The molecule has 2 aromatic heterocycles. The fraction of sp³-hybridized carbons (Fsp3) is 0.350. The van der Waals surface area contributed by atoms with Crippen molar-refractivity contribution in [3.63, 3.8) is 0 Å². The number of aromatic nitrogens is 3. The summed E-state index contributed by atoms with van der Waals surface area (Å²) in [6, 6.07) is 8.63. The maximum Gasteiger partial charge on any atom is 0.335 e. The molecule has 0 amide bonds. The number of rotatable bonds is 2. The first kappa shape index (κ1) is 16.3. The second-order valence-corrected chi connectivity index (χ2v) is 7.58. The number of piperidine rings is 1. The lowest BCUT2D eigenvalue weighted by Gasteiger charge is -2.37. The maximum atomic E-state index is 12.8. The van der Waals surface area contributed by atoms with Crippen LogP contribution in [-0.2, 0) is 13.6 Å². The van der Waals surface area contributed by atoms with Gasteiger partial charge in [-0.25, -0.2) is 9.78 Å². The third kappa shape index (κ3) is 2.49. The number of aryl methyl sites for hydroxylation is 1. The summed E-state index contributed by atoms with van der Waals surface area (Å²) >= 11 is 0. The van der Waals surface area contributed by atoms with Crippen LogP contribution < -0.4 is 10.9 Å². The lowest BCUT2D eigenvalue weighted by atomic mass is 9.84. The van der Waals surface area contributed by atoms with Gasteiger partial charge in [-0.3, -0.25) is 4.79 Å². The van der Waals surface area contributed by atoms with E-state index < -0.39 is 5.97 Å². The van der Waals surface area contributed by atoms with Crippen LogP contribution in [0.3, 0.4) is 0 Å². The summed E-state index contributed by atoms with van der Waals surface area (Å²) < 4.78 is 3.83. The number of carbonyl (C=O) groups is 1. The van der Waals surface area contributed by atoms with Crippen molar-refractivity contribution >= 4 is 17.0 Å². The summed E-state index contributed by atoms with van der Waals surface area (Å²) in [4.78, 5) is 28.6. The molecule has 27 heavy (non-hydrogen) atoms. The smallest absolute Gasteiger partial charge is 0.335 e. The van der Waals surface area contributed by atoms with Gasteiger partial charge in [0, 0.05) is 43.4 Å². The minimum Gasteiger partial charge on any atom is -0.478 e. The minimum absolute atomic E-state index is 0.0115. The molecule has 0 aliphatic carbocycles. The molecule has 2 aliphatic rings. The summed E-state index contributed by atoms with van der Waals surface area (Å²) in [5.74, 6) is 0.567. The van der Waals surface area contributed by atoms with Gasteiger partial charge < -0.3 is 19.6 Å². The van der Waals surface area contributed by atoms with E-state index in [4.69, 9.17) is 0 Å². The van der Waals surface area contributed by atoms with Gasteiger partial charge in [0.1, 0.15) is 5.82 Å². The molecule has 2 bridgehead atoms. The van der Waals surface area contributed by atoms with Crippen LogP contribution in [0.15, 0.2) is 35.1 Å². The number of pyridine rings is 1. The molecule has 138 valence electrons. The van der Waals surface area contributed by atoms with Crippen LogP contribution in [0.25, 0.3) is 22.4 Å². The van der Waals surface area contributed by atoms with Crippen LogP contribution in [0.1, 0.15) is 28.4 Å². The third-order valence-corrected chi connectivity index (χ3v) is 5.85. The fourth-order valence-electron chi connectivity index (χ4n) is 4.52. The molecule has 4 heterocycles. The lowest BCUT2D eigenvalue weighted by molar-refractivity contribution is 0.0697. The van der Waals surface area contributed by atoms with Gasteiger partial charge in [0.2, 0.25) is 0 Å². The van der Waals surface area contributed by atoms with Crippen LogP contribution in [-0.4, -0.2) is 38.3 Å². The Morgan fingerprint density at radius 2 is 2.11 bits per heavy atom. The van der Waals surface area contributed by atoms with Gasteiger partial charge in [-0.05, 0) is 43.1 Å². The van der Waals surface area contributed by atoms with Crippen LogP contribution in [0.2, 0.25) is 0 Å². The van der Waals surface area contributed by atoms with Crippen molar-refractivity contribution in [3.05, 3.63) is 51.9 Å². The van der Waals surface area contributed by atoms with E-state index in [1.165, 1.54) is 0 Å². The first-order valence-electron chi connectivity index (χ1n) is 9.17. The lowest BCUT2D eigenvalue weighted by Crippen LogP contribution is -2.44. The highest BCUT2D eigenvalue weighted by molar-refractivity contribution is 5.93. The zero-order valence-electron chi connectivity index (χ0n) is 15.0. The first-order valence-corrected chi connectivity index (χ1v) is 9.17. The van der Waals surface area contributed by atoms with Crippen molar-refractivity contribution in [2.24, 2.45) is 13.0 Å². The molecule has 2 N–H and O–H groups in total. The standard InChI is InChI=1S/C20H20N4O3/c1-23-16-3-2-12(20(26)27)5-15(16)22-19(23)13-6-17-14-4-11(8-21-9-14)10-24(17)18(25)7-13/h2-3,5-7,11,14,21H,4,8-10H2,1H3,(H,26,27)/t11-,14+/m0/s1. The molecular weight excluding hydrogens is 344 g/mol. The third-order valence-electron chi connectivity index (χ3n) is 5.85. The zero-order valence-corrected chi connectivity index (χ0v) is 15.0. The van der Waals surface area contributed by atoms with Crippen molar-refractivity contribution in [1.29, 1.82) is 0 Å². The second kappa shape index (κ2) is 5.79. The molecule has 7 heteroatoms. The van der Waals surface area contributed by atoms with Gasteiger partial charge in [0.15, 0.2) is 0 Å². The Hall–Kier alpha value is -2.93. The van der Waals surface area contributed by atoms with Crippen LogP contribution in [0.5, 0.6) is 0 Å². The fourth-order valence-corrected chi connectivity index (χ4v) is 4.52. The number of nitrogens with one attached hydrogen (secondary N) is 1. The number of fused-ring (bicyclic) bond motifs is 5. The van der Waals surface area contributed by atoms with Crippen molar-refractivity contribution in [1.82, 2.24) is 19.4 Å². The molecule has 5 rings (SSSR count). The van der Waals surface area contributed by atoms with Gasteiger partial charge in [0.05, 0.1) is 16.6 Å². The maximum absolute atomic E-state index is 12.8. The van der Waals surface area contributed by atoms with Crippen LogP contribution in [0.4, 0.5) is 0 Å². The van der Waals surface area contributed by atoms with E-state index >= 15 is 0 Å². The van der Waals surface area contributed by atoms with Gasteiger partial charge in [-0.15, -0.1) is 0 Å². The molecule has 0 unspecified atom stereocenters.